The smallest absolute Gasteiger partial charge is 0.357 e. The van der Waals surface area contributed by atoms with Gasteiger partial charge in [-0.2, -0.15) is 5.26 Å². The highest BCUT2D eigenvalue weighted by molar-refractivity contribution is 5.87. The quantitative estimate of drug-likeness (QED) is 0.540. The Balaban J connectivity index is 1.95. The van der Waals surface area contributed by atoms with E-state index in [2.05, 4.69) is 23.8 Å². The van der Waals surface area contributed by atoms with Crippen LogP contribution < -0.4 is 4.74 Å². The number of aromatic nitrogens is 2. The predicted molar refractivity (Wildman–Crippen MR) is 102 cm³/mol. The van der Waals surface area contributed by atoms with Crippen LogP contribution in [0.4, 0.5) is 0 Å². The maximum Gasteiger partial charge on any atom is 0.357 e. The number of esters is 1. The average Bonchev–Trinajstić information content (AvgIpc) is 2.64. The Labute approximate surface area is 160 Å². The van der Waals surface area contributed by atoms with Gasteiger partial charge in [0.05, 0.1) is 0 Å². The molecule has 0 aromatic carbocycles. The Bertz CT molecular complexity index is 854. The first-order valence-corrected chi connectivity index (χ1v) is 9.00. The van der Waals surface area contributed by atoms with E-state index in [0.717, 1.165) is 16.7 Å². The molecule has 2 rings (SSSR count). The number of rotatable bonds is 7. The summed E-state index contributed by atoms with van der Waals surface area (Å²) in [5.41, 5.74) is 3.61. The van der Waals surface area contributed by atoms with E-state index in [9.17, 15) is 4.79 Å². The molecule has 6 heteroatoms. The highest BCUT2D eigenvalue weighted by Crippen LogP contribution is 2.26. The predicted octanol–water partition coefficient (Wildman–Crippen LogP) is 4.14. The molecule has 2 aromatic rings. The van der Waals surface area contributed by atoms with E-state index < -0.39 is 5.97 Å². The fraction of sp³-hybridized carbons (Fsp3) is 0.429. The number of carbonyl (C=O) groups is 1. The molecule has 0 amide bonds. The summed E-state index contributed by atoms with van der Waals surface area (Å²) in [7, 11) is 0. The Morgan fingerprint density at radius 3 is 2.33 bits per heavy atom. The SMILES string of the molecule is Cc1cc(C(=O)OCCOc2cc(C#N)ncc2C(C)C)ncc1C(C)C. The molecular formula is C21H25N3O3. The molecule has 27 heavy (non-hydrogen) atoms. The Morgan fingerprint density at radius 1 is 1.07 bits per heavy atom. The van der Waals surface area contributed by atoms with Gasteiger partial charge in [-0.25, -0.2) is 14.8 Å². The summed E-state index contributed by atoms with van der Waals surface area (Å²) in [6.45, 7) is 10.4. The van der Waals surface area contributed by atoms with Crippen LogP contribution in [0.2, 0.25) is 0 Å². The number of ether oxygens (including phenoxy) is 2. The van der Waals surface area contributed by atoms with Gasteiger partial charge >= 0.3 is 5.97 Å². The molecule has 0 atom stereocenters. The molecule has 0 bridgehead atoms. The second-order valence-corrected chi connectivity index (χ2v) is 6.94. The van der Waals surface area contributed by atoms with Crippen molar-refractivity contribution < 1.29 is 14.3 Å². The summed E-state index contributed by atoms with van der Waals surface area (Å²) in [6.07, 6.45) is 3.37. The second-order valence-electron chi connectivity index (χ2n) is 6.94. The minimum Gasteiger partial charge on any atom is -0.490 e. The third-order valence-corrected chi connectivity index (χ3v) is 4.19. The summed E-state index contributed by atoms with van der Waals surface area (Å²) >= 11 is 0. The molecule has 0 aliphatic carbocycles. The molecule has 0 spiro atoms. The van der Waals surface area contributed by atoms with Crippen LogP contribution in [-0.4, -0.2) is 29.2 Å². The van der Waals surface area contributed by atoms with Gasteiger partial charge in [-0.05, 0) is 36.0 Å². The van der Waals surface area contributed by atoms with Gasteiger partial charge in [-0.15, -0.1) is 0 Å². The Morgan fingerprint density at radius 2 is 1.74 bits per heavy atom. The van der Waals surface area contributed by atoms with Crippen molar-refractivity contribution in [1.82, 2.24) is 9.97 Å². The number of pyridine rings is 2. The zero-order valence-corrected chi connectivity index (χ0v) is 16.4. The van der Waals surface area contributed by atoms with E-state index in [4.69, 9.17) is 14.7 Å². The van der Waals surface area contributed by atoms with Gasteiger partial charge in [0.25, 0.3) is 0 Å². The Kier molecular flexibility index (Phi) is 6.89. The molecule has 0 saturated carbocycles. The first-order chi connectivity index (χ1) is 12.8. The van der Waals surface area contributed by atoms with Crippen LogP contribution in [0.5, 0.6) is 5.75 Å². The Hall–Kier alpha value is -2.94. The standard InChI is InChI=1S/C21H25N3O3/c1-13(2)17-11-24-19(8-15(17)5)21(25)27-7-6-26-20-9-16(10-22)23-12-18(20)14(3)4/h8-9,11-14H,6-7H2,1-5H3. The normalized spacial score (nSPS) is 10.7. The largest absolute Gasteiger partial charge is 0.490 e. The lowest BCUT2D eigenvalue weighted by Gasteiger charge is -2.14. The van der Waals surface area contributed by atoms with Gasteiger partial charge in [0.2, 0.25) is 0 Å². The van der Waals surface area contributed by atoms with Crippen molar-refractivity contribution in [3.63, 3.8) is 0 Å². The molecule has 0 aliphatic rings. The zero-order chi connectivity index (χ0) is 20.0. The number of nitrogens with zero attached hydrogens (tertiary/aromatic N) is 3. The minimum atomic E-state index is -0.478. The van der Waals surface area contributed by atoms with Gasteiger partial charge in [-0.1, -0.05) is 27.7 Å². The van der Waals surface area contributed by atoms with Crippen molar-refractivity contribution in [1.29, 1.82) is 5.26 Å². The molecule has 0 fully saturated rings. The minimum absolute atomic E-state index is 0.0905. The van der Waals surface area contributed by atoms with E-state index in [0.29, 0.717) is 11.7 Å². The maximum absolute atomic E-state index is 12.2. The monoisotopic (exact) mass is 367 g/mol. The lowest BCUT2D eigenvalue weighted by molar-refractivity contribution is 0.0442. The number of hydrogen-bond donors (Lipinski definition) is 0. The molecule has 0 radical (unpaired) electrons. The molecule has 0 aliphatic heterocycles. The van der Waals surface area contributed by atoms with E-state index in [-0.39, 0.29) is 30.5 Å². The van der Waals surface area contributed by atoms with Gasteiger partial charge < -0.3 is 9.47 Å². The van der Waals surface area contributed by atoms with Crippen LogP contribution in [0.15, 0.2) is 24.5 Å². The van der Waals surface area contributed by atoms with Crippen molar-refractivity contribution >= 4 is 5.97 Å². The third-order valence-electron chi connectivity index (χ3n) is 4.19. The fourth-order valence-corrected chi connectivity index (χ4v) is 2.71. The van der Waals surface area contributed by atoms with Crippen molar-refractivity contribution in [2.75, 3.05) is 13.2 Å². The molecule has 0 saturated heterocycles. The lowest BCUT2D eigenvalue weighted by Crippen LogP contribution is -2.14. The maximum atomic E-state index is 12.2. The topological polar surface area (TPSA) is 85.1 Å². The van der Waals surface area contributed by atoms with Crippen LogP contribution >= 0.6 is 0 Å². The van der Waals surface area contributed by atoms with E-state index in [1.165, 1.54) is 0 Å². The molecule has 0 N–H and O–H groups in total. The number of hydrogen-bond acceptors (Lipinski definition) is 6. The summed E-state index contributed by atoms with van der Waals surface area (Å²) < 4.78 is 11.0. The summed E-state index contributed by atoms with van der Waals surface area (Å²) in [6, 6.07) is 5.35. The van der Waals surface area contributed by atoms with Crippen molar-refractivity contribution in [3.8, 4) is 11.8 Å². The fourth-order valence-electron chi connectivity index (χ4n) is 2.71. The van der Waals surface area contributed by atoms with Crippen molar-refractivity contribution in [2.45, 2.75) is 46.5 Å². The molecule has 142 valence electrons. The van der Waals surface area contributed by atoms with Crippen LogP contribution in [0, 0.1) is 18.3 Å². The van der Waals surface area contributed by atoms with Crippen LogP contribution in [0.1, 0.15) is 72.4 Å². The first-order valence-electron chi connectivity index (χ1n) is 9.00. The first kappa shape index (κ1) is 20.4. The summed E-state index contributed by atoms with van der Waals surface area (Å²) in [5, 5.41) is 8.99. The van der Waals surface area contributed by atoms with Crippen molar-refractivity contribution in [2.24, 2.45) is 0 Å². The third kappa shape index (κ3) is 5.27. The molecule has 2 aromatic heterocycles. The zero-order valence-electron chi connectivity index (χ0n) is 16.4. The highest BCUT2D eigenvalue weighted by Gasteiger charge is 2.13. The van der Waals surface area contributed by atoms with Gasteiger partial charge in [0, 0.05) is 24.0 Å². The van der Waals surface area contributed by atoms with E-state index in [1.54, 1.807) is 24.5 Å². The molecule has 6 nitrogen and oxygen atoms in total. The van der Waals surface area contributed by atoms with Gasteiger partial charge in [-0.3, -0.25) is 0 Å². The van der Waals surface area contributed by atoms with Gasteiger partial charge in [0.1, 0.15) is 36.4 Å². The summed E-state index contributed by atoms with van der Waals surface area (Å²) in [4.78, 5) is 20.4. The molecular weight excluding hydrogens is 342 g/mol. The van der Waals surface area contributed by atoms with Gasteiger partial charge in [0.15, 0.2) is 0 Å². The second kappa shape index (κ2) is 9.13. The average molecular weight is 367 g/mol. The molecule has 2 heterocycles. The van der Waals surface area contributed by atoms with Crippen molar-refractivity contribution in [3.05, 3.63) is 52.6 Å². The molecule has 0 unspecified atom stereocenters. The van der Waals surface area contributed by atoms with Crippen LogP contribution in [0.3, 0.4) is 0 Å². The number of carbonyl (C=O) groups excluding carboxylic acids is 1. The lowest BCUT2D eigenvalue weighted by atomic mass is 10.00. The van der Waals surface area contributed by atoms with E-state index >= 15 is 0 Å². The summed E-state index contributed by atoms with van der Waals surface area (Å²) in [5.74, 6) is 0.663. The highest BCUT2D eigenvalue weighted by atomic mass is 16.6. The van der Waals surface area contributed by atoms with E-state index in [1.807, 2.05) is 26.8 Å². The number of aryl methyl sites for hydroxylation is 1. The van der Waals surface area contributed by atoms with Crippen LogP contribution in [-0.2, 0) is 4.74 Å². The number of nitriles is 1. The van der Waals surface area contributed by atoms with Crippen LogP contribution in [0.25, 0.3) is 0 Å².